The van der Waals surface area contributed by atoms with Gasteiger partial charge in [-0.25, -0.2) is 14.8 Å². The second-order valence-electron chi connectivity index (χ2n) is 6.09. The van der Waals surface area contributed by atoms with Gasteiger partial charge in [0.1, 0.15) is 5.60 Å². The molecule has 1 atom stereocenters. The van der Waals surface area contributed by atoms with Crippen LogP contribution in [0.15, 0.2) is 18.5 Å². The third kappa shape index (κ3) is 3.07. The zero-order valence-electron chi connectivity index (χ0n) is 12.3. The SMILES string of the molecule is CC(C)(C)OC(=O)N1CCCCC1(N)c1ncccn1. The lowest BCUT2D eigenvalue weighted by Gasteiger charge is -2.43. The van der Waals surface area contributed by atoms with Gasteiger partial charge in [0.2, 0.25) is 0 Å². The van der Waals surface area contributed by atoms with Crippen molar-refractivity contribution in [1.29, 1.82) is 0 Å². The van der Waals surface area contributed by atoms with E-state index in [9.17, 15) is 4.79 Å². The fourth-order valence-electron chi connectivity index (χ4n) is 2.33. The van der Waals surface area contributed by atoms with Crippen LogP contribution in [0.5, 0.6) is 0 Å². The second kappa shape index (κ2) is 5.36. The number of likely N-dealkylation sites (tertiary alicyclic amines) is 1. The molecule has 1 aliphatic heterocycles. The first-order valence-corrected chi connectivity index (χ1v) is 6.90. The predicted octanol–water partition coefficient (Wildman–Crippen LogP) is 2.01. The Hall–Kier alpha value is -1.69. The van der Waals surface area contributed by atoms with Crippen LogP contribution in [0.4, 0.5) is 4.79 Å². The molecule has 2 heterocycles. The number of rotatable bonds is 1. The summed E-state index contributed by atoms with van der Waals surface area (Å²) in [6.45, 7) is 6.08. The van der Waals surface area contributed by atoms with E-state index in [-0.39, 0.29) is 0 Å². The summed E-state index contributed by atoms with van der Waals surface area (Å²) >= 11 is 0. The van der Waals surface area contributed by atoms with Gasteiger partial charge >= 0.3 is 6.09 Å². The van der Waals surface area contributed by atoms with E-state index in [0.29, 0.717) is 18.8 Å². The summed E-state index contributed by atoms with van der Waals surface area (Å²) in [4.78, 5) is 22.4. The van der Waals surface area contributed by atoms with Gasteiger partial charge in [0.25, 0.3) is 0 Å². The first-order valence-electron chi connectivity index (χ1n) is 6.90. The van der Waals surface area contributed by atoms with E-state index < -0.39 is 17.4 Å². The van der Waals surface area contributed by atoms with Crippen molar-refractivity contribution >= 4 is 6.09 Å². The second-order valence-corrected chi connectivity index (χ2v) is 6.09. The van der Waals surface area contributed by atoms with E-state index in [1.54, 1.807) is 23.4 Å². The third-order valence-electron chi connectivity index (χ3n) is 3.24. The highest BCUT2D eigenvalue weighted by atomic mass is 16.6. The van der Waals surface area contributed by atoms with Gasteiger partial charge in [-0.3, -0.25) is 4.90 Å². The monoisotopic (exact) mass is 278 g/mol. The summed E-state index contributed by atoms with van der Waals surface area (Å²) < 4.78 is 5.45. The van der Waals surface area contributed by atoms with Gasteiger partial charge in [0, 0.05) is 18.9 Å². The Morgan fingerprint density at radius 1 is 1.35 bits per heavy atom. The Morgan fingerprint density at radius 2 is 2.00 bits per heavy atom. The molecule has 0 bridgehead atoms. The number of ether oxygens (including phenoxy) is 1. The Morgan fingerprint density at radius 3 is 2.60 bits per heavy atom. The minimum atomic E-state index is -0.984. The summed E-state index contributed by atoms with van der Waals surface area (Å²) in [6, 6.07) is 1.73. The highest BCUT2D eigenvalue weighted by Crippen LogP contribution is 2.32. The molecule has 1 aliphatic rings. The van der Waals surface area contributed by atoms with Crippen LogP contribution in [0.2, 0.25) is 0 Å². The quantitative estimate of drug-likeness (QED) is 0.849. The molecule has 0 saturated carbocycles. The van der Waals surface area contributed by atoms with Crippen LogP contribution in [0.3, 0.4) is 0 Å². The molecule has 2 rings (SSSR count). The molecule has 110 valence electrons. The smallest absolute Gasteiger partial charge is 0.412 e. The molecule has 1 unspecified atom stereocenters. The van der Waals surface area contributed by atoms with Gasteiger partial charge in [0.05, 0.1) is 0 Å². The normalized spacial score (nSPS) is 23.5. The standard InChI is InChI=1S/C14H22N4O2/c1-13(2,3)20-12(19)18-10-5-4-7-14(18,15)11-16-8-6-9-17-11/h6,8-9H,4-5,7,10,15H2,1-3H3. The molecule has 1 saturated heterocycles. The lowest BCUT2D eigenvalue weighted by Crippen LogP contribution is -2.59. The number of aromatic nitrogens is 2. The number of hydrogen-bond acceptors (Lipinski definition) is 5. The van der Waals surface area contributed by atoms with E-state index in [1.807, 2.05) is 20.8 Å². The topological polar surface area (TPSA) is 81.3 Å². The van der Waals surface area contributed by atoms with Gasteiger partial charge in [0.15, 0.2) is 11.5 Å². The van der Waals surface area contributed by atoms with Crippen molar-refractivity contribution in [2.75, 3.05) is 6.54 Å². The van der Waals surface area contributed by atoms with Crippen molar-refractivity contribution in [3.05, 3.63) is 24.3 Å². The molecule has 0 spiro atoms. The van der Waals surface area contributed by atoms with Crippen molar-refractivity contribution in [3.8, 4) is 0 Å². The number of carbonyl (C=O) groups is 1. The lowest BCUT2D eigenvalue weighted by molar-refractivity contribution is -0.0187. The molecule has 1 aromatic rings. The molecule has 0 aromatic carbocycles. The molecular formula is C14H22N4O2. The number of hydrogen-bond donors (Lipinski definition) is 1. The number of piperidine rings is 1. The summed E-state index contributed by atoms with van der Waals surface area (Å²) in [7, 11) is 0. The number of nitrogens with two attached hydrogens (primary N) is 1. The van der Waals surface area contributed by atoms with Crippen LogP contribution >= 0.6 is 0 Å². The van der Waals surface area contributed by atoms with Gasteiger partial charge in [-0.2, -0.15) is 0 Å². The molecule has 6 heteroatoms. The summed E-state index contributed by atoms with van der Waals surface area (Å²) in [5.41, 5.74) is 4.91. The van der Waals surface area contributed by atoms with Crippen LogP contribution in [-0.4, -0.2) is 33.1 Å². The minimum Gasteiger partial charge on any atom is -0.444 e. The van der Waals surface area contributed by atoms with E-state index in [4.69, 9.17) is 10.5 Å². The molecule has 2 N–H and O–H groups in total. The minimum absolute atomic E-state index is 0.410. The van der Waals surface area contributed by atoms with Crippen LogP contribution in [0.1, 0.15) is 45.9 Å². The summed E-state index contributed by atoms with van der Waals surface area (Å²) in [6.07, 6.45) is 5.35. The number of carbonyl (C=O) groups excluding carboxylic acids is 1. The maximum absolute atomic E-state index is 12.4. The van der Waals surface area contributed by atoms with E-state index in [1.165, 1.54) is 0 Å². The van der Waals surface area contributed by atoms with Crippen molar-refractivity contribution in [2.24, 2.45) is 5.73 Å². The average Bonchev–Trinajstić information content (AvgIpc) is 2.38. The Labute approximate surface area is 119 Å². The highest BCUT2D eigenvalue weighted by molar-refractivity contribution is 5.69. The van der Waals surface area contributed by atoms with Gasteiger partial charge < -0.3 is 10.5 Å². The first kappa shape index (κ1) is 14.7. The fourth-order valence-corrected chi connectivity index (χ4v) is 2.33. The van der Waals surface area contributed by atoms with Crippen molar-refractivity contribution in [1.82, 2.24) is 14.9 Å². The Kier molecular flexibility index (Phi) is 3.94. The number of nitrogens with zero attached hydrogens (tertiary/aromatic N) is 3. The average molecular weight is 278 g/mol. The van der Waals surface area contributed by atoms with Crippen LogP contribution in [-0.2, 0) is 10.4 Å². The van der Waals surface area contributed by atoms with Crippen molar-refractivity contribution in [3.63, 3.8) is 0 Å². The zero-order chi connectivity index (χ0) is 14.8. The zero-order valence-corrected chi connectivity index (χ0v) is 12.3. The Bertz CT molecular complexity index is 472. The fraction of sp³-hybridized carbons (Fsp3) is 0.643. The maximum Gasteiger partial charge on any atom is 0.412 e. The molecule has 0 radical (unpaired) electrons. The van der Waals surface area contributed by atoms with E-state index in [2.05, 4.69) is 9.97 Å². The van der Waals surface area contributed by atoms with Crippen molar-refractivity contribution < 1.29 is 9.53 Å². The molecule has 6 nitrogen and oxygen atoms in total. The maximum atomic E-state index is 12.4. The van der Waals surface area contributed by atoms with Crippen molar-refractivity contribution in [2.45, 2.75) is 51.3 Å². The largest absolute Gasteiger partial charge is 0.444 e. The molecule has 1 fully saturated rings. The third-order valence-corrected chi connectivity index (χ3v) is 3.24. The van der Waals surface area contributed by atoms with E-state index >= 15 is 0 Å². The Balaban J connectivity index is 2.27. The summed E-state index contributed by atoms with van der Waals surface area (Å²) in [5.74, 6) is 0.463. The molecular weight excluding hydrogens is 256 g/mol. The van der Waals surface area contributed by atoms with Gasteiger partial charge in [-0.1, -0.05) is 0 Å². The number of amides is 1. The molecule has 1 aromatic heterocycles. The van der Waals surface area contributed by atoms with Crippen LogP contribution < -0.4 is 5.73 Å². The highest BCUT2D eigenvalue weighted by Gasteiger charge is 2.43. The van der Waals surface area contributed by atoms with Crippen LogP contribution in [0.25, 0.3) is 0 Å². The molecule has 1 amide bonds. The molecule has 20 heavy (non-hydrogen) atoms. The molecule has 0 aliphatic carbocycles. The van der Waals surface area contributed by atoms with Crippen LogP contribution in [0, 0.1) is 0 Å². The van der Waals surface area contributed by atoms with E-state index in [0.717, 1.165) is 12.8 Å². The van der Waals surface area contributed by atoms with Gasteiger partial charge in [-0.15, -0.1) is 0 Å². The lowest BCUT2D eigenvalue weighted by atomic mass is 9.95. The summed E-state index contributed by atoms with van der Waals surface area (Å²) in [5, 5.41) is 0. The van der Waals surface area contributed by atoms with Gasteiger partial charge in [-0.05, 0) is 46.1 Å². The first-order chi connectivity index (χ1) is 9.33. The predicted molar refractivity (Wildman–Crippen MR) is 74.7 cm³/mol.